The van der Waals surface area contributed by atoms with Crippen LogP contribution in [0.5, 0.6) is 0 Å². The molecule has 8 heteroatoms. The van der Waals surface area contributed by atoms with E-state index in [9.17, 15) is 13.2 Å². The number of piperidine rings is 1. The Kier molecular flexibility index (Phi) is 6.45. The summed E-state index contributed by atoms with van der Waals surface area (Å²) in [5.41, 5.74) is 1.57. The van der Waals surface area contributed by atoms with Crippen LogP contribution in [-0.2, 0) is 19.6 Å². The van der Waals surface area contributed by atoms with Gasteiger partial charge in [0.2, 0.25) is 15.9 Å². The lowest BCUT2D eigenvalue weighted by atomic mass is 9.86. The smallest absolute Gasteiger partial charge is 0.243 e. The molecular formula is C24H35N3O4S. The lowest BCUT2D eigenvalue weighted by Crippen LogP contribution is -2.40. The quantitative estimate of drug-likeness (QED) is 0.702. The molecule has 176 valence electrons. The fraction of sp³-hybridized carbons (Fsp3) is 0.708. The minimum atomic E-state index is -3.61. The van der Waals surface area contributed by atoms with Crippen LogP contribution in [0.15, 0.2) is 23.1 Å². The van der Waals surface area contributed by atoms with Crippen LogP contribution in [0.25, 0.3) is 0 Å². The van der Waals surface area contributed by atoms with Gasteiger partial charge in [0.1, 0.15) is 0 Å². The number of nitrogens with zero attached hydrogens (tertiary/aromatic N) is 2. The lowest BCUT2D eigenvalue weighted by Gasteiger charge is -2.31. The summed E-state index contributed by atoms with van der Waals surface area (Å²) in [6.07, 6.45) is 9.02. The molecule has 1 aromatic rings. The van der Waals surface area contributed by atoms with Crippen molar-refractivity contribution in [2.24, 2.45) is 17.8 Å². The largest absolute Gasteiger partial charge is 0.379 e. The van der Waals surface area contributed by atoms with Gasteiger partial charge in [0.15, 0.2) is 0 Å². The van der Waals surface area contributed by atoms with Gasteiger partial charge in [-0.25, -0.2) is 8.42 Å². The highest BCUT2D eigenvalue weighted by atomic mass is 32.2. The van der Waals surface area contributed by atoms with Crippen molar-refractivity contribution >= 4 is 27.3 Å². The Bertz CT molecular complexity index is 939. The van der Waals surface area contributed by atoms with Crippen LogP contribution in [0.2, 0.25) is 0 Å². The minimum Gasteiger partial charge on any atom is -0.379 e. The Hall–Kier alpha value is -1.64. The molecule has 0 spiro atoms. The van der Waals surface area contributed by atoms with Gasteiger partial charge in [0.05, 0.1) is 29.5 Å². The SMILES string of the molecule is O=C(C[C@@H]1C[C@H]2CC[C@H]1C2)Nc1cc(S(=O)(=O)N2CCOCC2)ccc1N1CCCCC1. The number of sulfonamides is 1. The molecule has 2 saturated carbocycles. The normalized spacial score (nSPS) is 28.8. The molecule has 1 amide bonds. The van der Waals surface area contributed by atoms with Crippen LogP contribution in [0.3, 0.4) is 0 Å². The average Bonchev–Trinajstić information content (AvgIpc) is 3.43. The minimum absolute atomic E-state index is 0.0155. The maximum absolute atomic E-state index is 13.2. The summed E-state index contributed by atoms with van der Waals surface area (Å²) in [6.45, 7) is 3.43. The summed E-state index contributed by atoms with van der Waals surface area (Å²) in [6, 6.07) is 5.25. The Morgan fingerprint density at radius 2 is 1.81 bits per heavy atom. The number of carbonyl (C=O) groups excluding carboxylic acids is 1. The van der Waals surface area contributed by atoms with Crippen molar-refractivity contribution < 1.29 is 17.9 Å². The third kappa shape index (κ3) is 4.54. The second-order valence-electron chi connectivity index (χ2n) is 9.93. The Morgan fingerprint density at radius 3 is 2.50 bits per heavy atom. The summed E-state index contributed by atoms with van der Waals surface area (Å²) in [5, 5.41) is 3.12. The number of fused-ring (bicyclic) bond motifs is 2. The van der Waals surface area contributed by atoms with E-state index in [2.05, 4.69) is 10.2 Å². The highest BCUT2D eigenvalue weighted by molar-refractivity contribution is 7.89. The van der Waals surface area contributed by atoms with Gasteiger partial charge in [0, 0.05) is 32.6 Å². The Morgan fingerprint density at radius 1 is 1.03 bits per heavy atom. The molecule has 3 atom stereocenters. The van der Waals surface area contributed by atoms with Gasteiger partial charge >= 0.3 is 0 Å². The number of rotatable bonds is 6. The van der Waals surface area contributed by atoms with Crippen molar-refractivity contribution in [1.29, 1.82) is 0 Å². The van der Waals surface area contributed by atoms with E-state index in [0.29, 0.717) is 50.2 Å². The Balaban J connectivity index is 1.38. The number of hydrogen-bond acceptors (Lipinski definition) is 5. The Labute approximate surface area is 191 Å². The average molecular weight is 462 g/mol. The zero-order chi connectivity index (χ0) is 22.1. The molecule has 32 heavy (non-hydrogen) atoms. The molecule has 0 aromatic heterocycles. The van der Waals surface area contributed by atoms with Gasteiger partial charge in [-0.15, -0.1) is 0 Å². The standard InChI is InChI=1S/C24H35N3O4S/c28-24(16-20-15-18-4-5-19(20)14-18)25-22-17-21(32(29,30)27-10-12-31-13-11-27)6-7-23(22)26-8-2-1-3-9-26/h6-7,17-20H,1-5,8-16H2,(H,25,28)/t18-,19-,20-/m0/s1. The zero-order valence-corrected chi connectivity index (χ0v) is 19.6. The molecule has 0 radical (unpaired) electrons. The van der Waals surface area contributed by atoms with Gasteiger partial charge in [-0.1, -0.05) is 6.42 Å². The topological polar surface area (TPSA) is 79.0 Å². The van der Waals surface area contributed by atoms with E-state index in [1.807, 2.05) is 6.07 Å². The molecular weight excluding hydrogens is 426 g/mol. The zero-order valence-electron chi connectivity index (χ0n) is 18.8. The first-order valence-electron chi connectivity index (χ1n) is 12.3. The predicted molar refractivity (Wildman–Crippen MR) is 124 cm³/mol. The number of amides is 1. The third-order valence-electron chi connectivity index (χ3n) is 7.88. The fourth-order valence-corrected chi connectivity index (χ4v) is 7.62. The van der Waals surface area contributed by atoms with Crippen LogP contribution >= 0.6 is 0 Å². The molecule has 4 fully saturated rings. The van der Waals surface area contributed by atoms with Gasteiger partial charge in [-0.05, 0) is 74.5 Å². The van der Waals surface area contributed by atoms with Crippen LogP contribution in [0.4, 0.5) is 11.4 Å². The molecule has 2 heterocycles. The van der Waals surface area contributed by atoms with Crippen molar-refractivity contribution in [2.45, 2.75) is 56.3 Å². The number of anilines is 2. The third-order valence-corrected chi connectivity index (χ3v) is 9.77. The van der Waals surface area contributed by atoms with E-state index in [1.165, 1.54) is 36.4 Å². The van der Waals surface area contributed by atoms with Gasteiger partial charge < -0.3 is 15.0 Å². The van der Waals surface area contributed by atoms with Crippen molar-refractivity contribution in [3.05, 3.63) is 18.2 Å². The van der Waals surface area contributed by atoms with E-state index in [0.717, 1.165) is 37.5 Å². The van der Waals surface area contributed by atoms with Crippen LogP contribution < -0.4 is 10.2 Å². The summed E-state index contributed by atoms with van der Waals surface area (Å²) < 4.78 is 33.2. The molecule has 7 nitrogen and oxygen atoms in total. The highest BCUT2D eigenvalue weighted by Crippen LogP contribution is 2.49. The maximum Gasteiger partial charge on any atom is 0.243 e. The number of nitrogens with one attached hydrogen (secondary N) is 1. The molecule has 1 aromatic carbocycles. The number of benzene rings is 1. The van der Waals surface area contributed by atoms with E-state index in [4.69, 9.17) is 4.74 Å². The second kappa shape index (κ2) is 9.31. The lowest BCUT2D eigenvalue weighted by molar-refractivity contribution is -0.117. The summed E-state index contributed by atoms with van der Waals surface area (Å²) in [5.74, 6) is 2.00. The van der Waals surface area contributed by atoms with Crippen LogP contribution in [-0.4, -0.2) is 58.0 Å². The number of carbonyl (C=O) groups is 1. The van der Waals surface area contributed by atoms with Gasteiger partial charge in [-0.2, -0.15) is 4.31 Å². The van der Waals surface area contributed by atoms with Crippen molar-refractivity contribution in [1.82, 2.24) is 4.31 Å². The monoisotopic (exact) mass is 461 g/mol. The first-order valence-corrected chi connectivity index (χ1v) is 13.7. The molecule has 5 rings (SSSR count). The van der Waals surface area contributed by atoms with Crippen LogP contribution in [0, 0.1) is 17.8 Å². The summed E-state index contributed by atoms with van der Waals surface area (Å²) >= 11 is 0. The highest BCUT2D eigenvalue weighted by Gasteiger charge is 2.40. The van der Waals surface area contributed by atoms with Crippen molar-refractivity contribution in [3.8, 4) is 0 Å². The van der Waals surface area contributed by atoms with Gasteiger partial charge in [0.25, 0.3) is 0 Å². The first kappa shape index (κ1) is 22.2. The number of ether oxygens (including phenoxy) is 1. The molecule has 2 saturated heterocycles. The number of hydrogen-bond donors (Lipinski definition) is 1. The molecule has 2 bridgehead atoms. The van der Waals surface area contributed by atoms with E-state index in [-0.39, 0.29) is 10.8 Å². The number of morpholine rings is 1. The summed E-state index contributed by atoms with van der Waals surface area (Å²) in [4.78, 5) is 15.6. The van der Waals surface area contributed by atoms with E-state index >= 15 is 0 Å². The van der Waals surface area contributed by atoms with Crippen molar-refractivity contribution in [3.63, 3.8) is 0 Å². The second-order valence-corrected chi connectivity index (χ2v) is 11.9. The first-order chi connectivity index (χ1) is 15.5. The molecule has 4 aliphatic rings. The molecule has 1 N–H and O–H groups in total. The molecule has 2 aliphatic carbocycles. The molecule has 0 unspecified atom stereocenters. The van der Waals surface area contributed by atoms with E-state index < -0.39 is 10.0 Å². The van der Waals surface area contributed by atoms with Gasteiger partial charge in [-0.3, -0.25) is 4.79 Å². The van der Waals surface area contributed by atoms with E-state index in [1.54, 1.807) is 12.1 Å². The fourth-order valence-electron chi connectivity index (χ4n) is 6.19. The summed E-state index contributed by atoms with van der Waals surface area (Å²) in [7, 11) is -3.61. The van der Waals surface area contributed by atoms with Crippen LogP contribution in [0.1, 0.15) is 51.4 Å². The maximum atomic E-state index is 13.2. The van der Waals surface area contributed by atoms with Crippen molar-refractivity contribution in [2.75, 3.05) is 49.6 Å². The molecule has 2 aliphatic heterocycles. The predicted octanol–water partition coefficient (Wildman–Crippen LogP) is 3.46.